The van der Waals surface area contributed by atoms with Crippen molar-refractivity contribution >= 4 is 22.3 Å². The van der Waals surface area contributed by atoms with Crippen LogP contribution in [-0.2, 0) is 13.0 Å². The van der Waals surface area contributed by atoms with E-state index in [1.165, 1.54) is 18.2 Å². The Bertz CT molecular complexity index is 1060. The molecule has 26 heavy (non-hydrogen) atoms. The molecule has 0 aliphatic rings. The molecule has 0 amide bonds. The number of fused-ring (bicyclic) bond motifs is 1. The summed E-state index contributed by atoms with van der Waals surface area (Å²) in [6.07, 6.45) is 0.637. The average molecular weight is 354 g/mol. The van der Waals surface area contributed by atoms with Crippen molar-refractivity contribution in [2.45, 2.75) is 26.8 Å². The summed E-state index contributed by atoms with van der Waals surface area (Å²) in [6.45, 7) is 3.88. The maximum absolute atomic E-state index is 11.8. The van der Waals surface area contributed by atoms with Crippen LogP contribution in [0.5, 0.6) is 5.75 Å². The Labute approximate surface area is 149 Å². The normalized spacial score (nSPS) is 10.8. The minimum Gasteiger partial charge on any atom is -0.508 e. The van der Waals surface area contributed by atoms with E-state index in [1.54, 1.807) is 25.1 Å². The Kier molecular flexibility index (Phi) is 4.62. The molecule has 0 spiro atoms. The van der Waals surface area contributed by atoms with Gasteiger partial charge in [-0.15, -0.1) is 0 Å². The van der Waals surface area contributed by atoms with Crippen molar-refractivity contribution in [3.8, 4) is 5.75 Å². The van der Waals surface area contributed by atoms with E-state index in [0.29, 0.717) is 28.8 Å². The highest BCUT2D eigenvalue weighted by Crippen LogP contribution is 2.29. The van der Waals surface area contributed by atoms with Crippen molar-refractivity contribution in [3.63, 3.8) is 0 Å². The molecule has 0 atom stereocenters. The molecule has 0 saturated heterocycles. The van der Waals surface area contributed by atoms with E-state index in [2.05, 4.69) is 5.32 Å². The van der Waals surface area contributed by atoms with E-state index in [1.807, 2.05) is 6.92 Å². The van der Waals surface area contributed by atoms with Gasteiger partial charge in [-0.25, -0.2) is 4.79 Å². The van der Waals surface area contributed by atoms with Crippen LogP contribution in [0.3, 0.4) is 0 Å². The number of nitrogens with zero attached hydrogens (tertiary/aromatic N) is 1. The van der Waals surface area contributed by atoms with Gasteiger partial charge in [0.15, 0.2) is 0 Å². The number of hydrogen-bond donors (Lipinski definition) is 2. The maximum Gasteiger partial charge on any atom is 0.336 e. The van der Waals surface area contributed by atoms with Gasteiger partial charge in [0.2, 0.25) is 0 Å². The number of nitro benzene ring substituents is 1. The molecule has 0 radical (unpaired) electrons. The van der Waals surface area contributed by atoms with Gasteiger partial charge in [0.25, 0.3) is 5.69 Å². The van der Waals surface area contributed by atoms with Gasteiger partial charge in [-0.05, 0) is 36.6 Å². The first-order valence-electron chi connectivity index (χ1n) is 8.17. The van der Waals surface area contributed by atoms with E-state index in [9.17, 15) is 20.0 Å². The van der Waals surface area contributed by atoms with Gasteiger partial charge in [0, 0.05) is 41.4 Å². The smallest absolute Gasteiger partial charge is 0.336 e. The second-order valence-corrected chi connectivity index (χ2v) is 5.98. The molecule has 0 aliphatic heterocycles. The predicted molar refractivity (Wildman–Crippen MR) is 98.7 cm³/mol. The molecule has 0 saturated carbocycles. The fourth-order valence-electron chi connectivity index (χ4n) is 2.94. The summed E-state index contributed by atoms with van der Waals surface area (Å²) in [4.78, 5) is 22.5. The molecule has 0 fully saturated rings. The van der Waals surface area contributed by atoms with Crippen LogP contribution in [-0.4, -0.2) is 10.0 Å². The number of rotatable bonds is 5. The van der Waals surface area contributed by atoms with Crippen LogP contribution in [0.4, 0.5) is 11.4 Å². The number of anilines is 1. The Hall–Kier alpha value is -3.35. The van der Waals surface area contributed by atoms with Crippen LogP contribution in [0.1, 0.15) is 23.6 Å². The monoisotopic (exact) mass is 354 g/mol. The third kappa shape index (κ3) is 3.23. The standard InChI is InChI=1S/C19H18N2O5/c1-3-12-7-14-13(8-19(23)26-18(14)9-17(12)22)10-20-15-5-4-6-16(11(15)2)21(24)25/h4-9,20,22H,3,10H2,1-2H3. The van der Waals surface area contributed by atoms with Crippen LogP contribution >= 0.6 is 0 Å². The SMILES string of the molecule is CCc1cc2c(CNc3cccc([N+](=O)[O-])c3C)cc(=O)oc2cc1O. The van der Waals surface area contributed by atoms with Crippen molar-refractivity contribution in [2.24, 2.45) is 0 Å². The molecule has 1 aromatic heterocycles. The predicted octanol–water partition coefficient (Wildman–Crippen LogP) is 3.89. The Morgan fingerprint density at radius 3 is 2.69 bits per heavy atom. The molecular weight excluding hydrogens is 336 g/mol. The Morgan fingerprint density at radius 2 is 2.00 bits per heavy atom. The summed E-state index contributed by atoms with van der Waals surface area (Å²) in [7, 11) is 0. The van der Waals surface area contributed by atoms with Crippen molar-refractivity contribution < 1.29 is 14.4 Å². The minimum absolute atomic E-state index is 0.0330. The van der Waals surface area contributed by atoms with Crippen molar-refractivity contribution in [3.05, 3.63) is 73.6 Å². The number of hydrogen-bond acceptors (Lipinski definition) is 6. The molecule has 7 nitrogen and oxygen atoms in total. The van der Waals surface area contributed by atoms with Crippen LogP contribution in [0, 0.1) is 17.0 Å². The van der Waals surface area contributed by atoms with Gasteiger partial charge in [-0.3, -0.25) is 10.1 Å². The summed E-state index contributed by atoms with van der Waals surface area (Å²) in [5, 5.41) is 24.9. The number of benzene rings is 2. The molecule has 134 valence electrons. The first kappa shape index (κ1) is 17.5. The fraction of sp³-hybridized carbons (Fsp3) is 0.211. The van der Waals surface area contributed by atoms with Gasteiger partial charge >= 0.3 is 5.63 Å². The third-order valence-electron chi connectivity index (χ3n) is 4.38. The molecule has 3 aromatic rings. The Morgan fingerprint density at radius 1 is 1.23 bits per heavy atom. The lowest BCUT2D eigenvalue weighted by Crippen LogP contribution is -2.07. The Balaban J connectivity index is 2.00. The third-order valence-corrected chi connectivity index (χ3v) is 4.38. The van der Waals surface area contributed by atoms with E-state index < -0.39 is 10.5 Å². The number of nitro groups is 1. The molecular formula is C19H18N2O5. The van der Waals surface area contributed by atoms with Gasteiger partial charge in [-0.1, -0.05) is 13.0 Å². The quantitative estimate of drug-likeness (QED) is 0.409. The highest BCUT2D eigenvalue weighted by molar-refractivity contribution is 5.83. The van der Waals surface area contributed by atoms with Crippen molar-refractivity contribution in [1.29, 1.82) is 0 Å². The summed E-state index contributed by atoms with van der Waals surface area (Å²) in [5.41, 5.74) is 2.40. The first-order chi connectivity index (χ1) is 12.4. The van der Waals surface area contributed by atoms with E-state index in [-0.39, 0.29) is 18.0 Å². The lowest BCUT2D eigenvalue weighted by Gasteiger charge is -2.12. The second-order valence-electron chi connectivity index (χ2n) is 5.98. The van der Waals surface area contributed by atoms with E-state index in [0.717, 1.165) is 10.9 Å². The topological polar surface area (TPSA) is 106 Å². The molecule has 7 heteroatoms. The highest BCUT2D eigenvalue weighted by atomic mass is 16.6. The fourth-order valence-corrected chi connectivity index (χ4v) is 2.94. The number of aromatic hydroxyl groups is 1. The largest absolute Gasteiger partial charge is 0.508 e. The zero-order valence-electron chi connectivity index (χ0n) is 14.4. The van der Waals surface area contributed by atoms with Crippen molar-refractivity contribution in [2.75, 3.05) is 5.32 Å². The molecule has 2 aromatic carbocycles. The van der Waals surface area contributed by atoms with Crippen LogP contribution in [0.15, 0.2) is 45.6 Å². The zero-order chi connectivity index (χ0) is 18.8. The molecule has 3 rings (SSSR count). The first-order valence-corrected chi connectivity index (χ1v) is 8.17. The summed E-state index contributed by atoms with van der Waals surface area (Å²) < 4.78 is 5.18. The average Bonchev–Trinajstić information content (AvgIpc) is 2.59. The number of phenols is 1. The highest BCUT2D eigenvalue weighted by Gasteiger charge is 2.14. The maximum atomic E-state index is 11.8. The molecule has 2 N–H and O–H groups in total. The van der Waals surface area contributed by atoms with Gasteiger partial charge in [0.1, 0.15) is 11.3 Å². The summed E-state index contributed by atoms with van der Waals surface area (Å²) in [5.74, 6) is 0.0859. The summed E-state index contributed by atoms with van der Waals surface area (Å²) >= 11 is 0. The molecule has 0 bridgehead atoms. The second kappa shape index (κ2) is 6.87. The number of phenolic OH excluding ortho intramolecular Hbond substituents is 1. The van der Waals surface area contributed by atoms with Crippen LogP contribution in [0.2, 0.25) is 0 Å². The number of aryl methyl sites for hydroxylation is 1. The lowest BCUT2D eigenvalue weighted by molar-refractivity contribution is -0.385. The van der Waals surface area contributed by atoms with Crippen LogP contribution in [0.25, 0.3) is 11.0 Å². The number of nitrogens with one attached hydrogen (secondary N) is 1. The summed E-state index contributed by atoms with van der Waals surface area (Å²) in [6, 6.07) is 9.43. The molecule has 0 aliphatic carbocycles. The van der Waals surface area contributed by atoms with Crippen LogP contribution < -0.4 is 10.9 Å². The van der Waals surface area contributed by atoms with E-state index in [4.69, 9.17) is 4.42 Å². The zero-order valence-corrected chi connectivity index (χ0v) is 14.4. The molecule has 1 heterocycles. The van der Waals surface area contributed by atoms with Gasteiger partial charge in [0.05, 0.1) is 4.92 Å². The molecule has 0 unspecified atom stereocenters. The van der Waals surface area contributed by atoms with Crippen molar-refractivity contribution in [1.82, 2.24) is 0 Å². The van der Waals surface area contributed by atoms with Gasteiger partial charge in [-0.2, -0.15) is 0 Å². The minimum atomic E-state index is -0.520. The van der Waals surface area contributed by atoms with Gasteiger partial charge < -0.3 is 14.8 Å². The lowest BCUT2D eigenvalue weighted by atomic mass is 10.0. The van der Waals surface area contributed by atoms with E-state index >= 15 is 0 Å².